The van der Waals surface area contributed by atoms with Gasteiger partial charge in [-0.1, -0.05) is 19.8 Å². The molecule has 7 nitrogen and oxygen atoms in total. The Morgan fingerprint density at radius 3 is 1.89 bits per heavy atom. The van der Waals surface area contributed by atoms with Gasteiger partial charge in [-0.15, -0.1) is 0 Å². The molecule has 6 atom stereocenters. The van der Waals surface area contributed by atoms with Crippen molar-refractivity contribution in [1.82, 2.24) is 0 Å². The molecule has 0 spiro atoms. The zero-order valence-corrected chi connectivity index (χ0v) is 11.7. The molecule has 0 aromatic heterocycles. The van der Waals surface area contributed by atoms with Crippen molar-refractivity contribution in [1.29, 1.82) is 0 Å². The summed E-state index contributed by atoms with van der Waals surface area (Å²) < 4.78 is 10.9. The van der Waals surface area contributed by atoms with E-state index in [0.29, 0.717) is 12.8 Å². The summed E-state index contributed by atoms with van der Waals surface area (Å²) in [6.07, 6.45) is -6.62. The van der Waals surface area contributed by atoms with Crippen LogP contribution in [0.4, 0.5) is 0 Å². The second kappa shape index (κ2) is 9.72. The molecule has 0 heterocycles. The Kier molecular flexibility index (Phi) is 9.64. The van der Waals surface area contributed by atoms with E-state index in [4.69, 9.17) is 10.2 Å². The highest BCUT2D eigenvalue weighted by Gasteiger charge is 2.37. The Bertz CT molecular complexity index is 253. The van der Waals surface area contributed by atoms with E-state index in [9.17, 15) is 25.0 Å². The number of aliphatic hydroxyl groups excluding tert-OH is 6. The van der Waals surface area contributed by atoms with Gasteiger partial charge in [-0.3, -0.25) is 4.57 Å². The summed E-state index contributed by atoms with van der Waals surface area (Å²) in [6.45, 7) is 1.12. The van der Waals surface area contributed by atoms with Crippen LogP contribution >= 0.6 is 8.46 Å². The third kappa shape index (κ3) is 5.79. The van der Waals surface area contributed by atoms with Crippen molar-refractivity contribution in [2.75, 3.05) is 6.61 Å². The predicted octanol–water partition coefficient (Wildman–Crippen LogP) is -1.37. The highest BCUT2D eigenvalue weighted by atomic mass is 31.1. The number of aliphatic hydroxyl groups is 6. The average molecular weight is 298 g/mol. The van der Waals surface area contributed by atoms with E-state index in [1.54, 1.807) is 0 Å². The van der Waals surface area contributed by atoms with E-state index in [1.165, 1.54) is 0 Å². The van der Waals surface area contributed by atoms with Gasteiger partial charge in [-0.05, 0) is 6.42 Å². The quantitative estimate of drug-likeness (QED) is 0.274. The molecule has 0 rings (SSSR count). The maximum Gasteiger partial charge on any atom is 0.161 e. The summed E-state index contributed by atoms with van der Waals surface area (Å²) >= 11 is 0. The SMILES string of the molecule is CCCCC(P=O)C(O)[C@@H](O)[C@@H](O)[C@H](O)[C@H](O)CO. The molecule has 6 N–H and O–H groups in total. The van der Waals surface area contributed by atoms with Crippen molar-refractivity contribution >= 4 is 8.46 Å². The Labute approximate surface area is 113 Å². The van der Waals surface area contributed by atoms with Gasteiger partial charge in [0.05, 0.1) is 18.4 Å². The smallest absolute Gasteiger partial charge is 0.161 e. The number of hydrogen-bond donors (Lipinski definition) is 6. The molecule has 0 aliphatic heterocycles. The van der Waals surface area contributed by atoms with Crippen LogP contribution in [0.25, 0.3) is 0 Å². The monoisotopic (exact) mass is 298 g/mol. The molecule has 8 heteroatoms. The maximum absolute atomic E-state index is 10.9. The fraction of sp³-hybridized carbons (Fsp3) is 1.00. The van der Waals surface area contributed by atoms with Gasteiger partial charge >= 0.3 is 0 Å². The summed E-state index contributed by atoms with van der Waals surface area (Å²) in [5.74, 6) is 0. The van der Waals surface area contributed by atoms with Gasteiger partial charge in [-0.25, -0.2) is 0 Å². The van der Waals surface area contributed by atoms with Gasteiger partial charge in [0.1, 0.15) is 24.4 Å². The van der Waals surface area contributed by atoms with Crippen LogP contribution in [0.5, 0.6) is 0 Å². The topological polar surface area (TPSA) is 138 Å². The van der Waals surface area contributed by atoms with Crippen LogP contribution in [0.15, 0.2) is 0 Å². The van der Waals surface area contributed by atoms with Gasteiger partial charge in [0.2, 0.25) is 0 Å². The van der Waals surface area contributed by atoms with E-state index in [0.717, 1.165) is 6.42 Å². The highest BCUT2D eigenvalue weighted by molar-refractivity contribution is 7.24. The molecule has 0 aromatic rings. The number of unbranched alkanes of at least 4 members (excludes halogenated alkanes) is 1. The largest absolute Gasteiger partial charge is 0.394 e. The second-order valence-corrected chi connectivity index (χ2v) is 5.40. The lowest BCUT2D eigenvalue weighted by Gasteiger charge is -2.30. The first kappa shape index (κ1) is 18.9. The van der Waals surface area contributed by atoms with Crippen molar-refractivity contribution < 1.29 is 35.2 Å². The van der Waals surface area contributed by atoms with E-state index in [-0.39, 0.29) is 8.46 Å². The summed E-state index contributed by atoms with van der Waals surface area (Å²) in [6, 6.07) is 0. The normalized spacial score (nSPS) is 21.6. The number of rotatable bonds is 10. The van der Waals surface area contributed by atoms with E-state index in [2.05, 4.69) is 0 Å². The zero-order valence-electron chi connectivity index (χ0n) is 10.8. The molecular formula is C11H23O7P. The van der Waals surface area contributed by atoms with Gasteiger partial charge < -0.3 is 30.6 Å². The predicted molar refractivity (Wildman–Crippen MR) is 68.0 cm³/mol. The van der Waals surface area contributed by atoms with E-state index in [1.807, 2.05) is 6.92 Å². The summed E-state index contributed by atoms with van der Waals surface area (Å²) in [7, 11) is -0.363. The summed E-state index contributed by atoms with van der Waals surface area (Å²) in [5, 5.41) is 56.3. The lowest BCUT2D eigenvalue weighted by molar-refractivity contribution is -0.140. The summed E-state index contributed by atoms with van der Waals surface area (Å²) in [4.78, 5) is 0. The molecule has 0 fully saturated rings. The van der Waals surface area contributed by atoms with Crippen molar-refractivity contribution in [3.63, 3.8) is 0 Å². The minimum absolute atomic E-state index is 0.363. The Morgan fingerprint density at radius 2 is 1.47 bits per heavy atom. The van der Waals surface area contributed by atoms with Crippen LogP contribution in [-0.2, 0) is 4.57 Å². The second-order valence-electron chi connectivity index (χ2n) is 4.53. The maximum atomic E-state index is 10.9. The Morgan fingerprint density at radius 1 is 0.947 bits per heavy atom. The van der Waals surface area contributed by atoms with Crippen molar-refractivity contribution in [3.8, 4) is 0 Å². The van der Waals surface area contributed by atoms with Crippen molar-refractivity contribution in [2.45, 2.75) is 62.4 Å². The van der Waals surface area contributed by atoms with Crippen LogP contribution in [-0.4, -0.2) is 73.4 Å². The first-order chi connectivity index (χ1) is 8.90. The third-order valence-corrected chi connectivity index (χ3v) is 3.85. The van der Waals surface area contributed by atoms with Crippen LogP contribution in [0.3, 0.4) is 0 Å². The van der Waals surface area contributed by atoms with Crippen molar-refractivity contribution in [2.24, 2.45) is 0 Å². The Hall–Kier alpha value is -0.140. The molecule has 114 valence electrons. The summed E-state index contributed by atoms with van der Waals surface area (Å²) in [5.41, 5.74) is -0.761. The van der Waals surface area contributed by atoms with Gasteiger partial charge in [0, 0.05) is 0 Å². The van der Waals surface area contributed by atoms with Crippen LogP contribution in [0.1, 0.15) is 26.2 Å². The molecule has 0 amide bonds. The Balaban J connectivity index is 4.59. The van der Waals surface area contributed by atoms with Crippen LogP contribution < -0.4 is 0 Å². The fourth-order valence-electron chi connectivity index (χ4n) is 1.67. The molecule has 0 aromatic carbocycles. The molecule has 0 aliphatic carbocycles. The minimum Gasteiger partial charge on any atom is -0.394 e. The molecule has 19 heavy (non-hydrogen) atoms. The first-order valence-electron chi connectivity index (χ1n) is 6.24. The molecule has 2 unspecified atom stereocenters. The van der Waals surface area contributed by atoms with Crippen LogP contribution in [0.2, 0.25) is 0 Å². The van der Waals surface area contributed by atoms with Gasteiger partial charge in [0.15, 0.2) is 8.46 Å². The third-order valence-electron chi connectivity index (χ3n) is 3.01. The van der Waals surface area contributed by atoms with E-state index >= 15 is 0 Å². The highest BCUT2D eigenvalue weighted by Crippen LogP contribution is 2.23. The lowest BCUT2D eigenvalue weighted by atomic mass is 9.96. The standard InChI is InChI=1S/C11H23O7P/c1-2-3-4-7(19-18)9(15)11(17)10(16)8(14)6(13)5-12/h6-17H,2-5H2,1H3/t6-,7?,8-,9?,10+,11-/m1/s1. The van der Waals surface area contributed by atoms with Gasteiger partial charge in [0.25, 0.3) is 0 Å². The molecule has 0 radical (unpaired) electrons. The minimum atomic E-state index is -1.84. The van der Waals surface area contributed by atoms with Crippen molar-refractivity contribution in [3.05, 3.63) is 0 Å². The molecular weight excluding hydrogens is 275 g/mol. The molecule has 0 bridgehead atoms. The zero-order chi connectivity index (χ0) is 15.0. The van der Waals surface area contributed by atoms with Gasteiger partial charge in [-0.2, -0.15) is 0 Å². The molecule has 0 aliphatic rings. The fourth-order valence-corrected chi connectivity index (χ4v) is 2.26. The molecule has 0 saturated heterocycles. The number of hydrogen-bond acceptors (Lipinski definition) is 7. The lowest BCUT2D eigenvalue weighted by Crippen LogP contribution is -2.52. The van der Waals surface area contributed by atoms with Crippen LogP contribution in [0, 0.1) is 0 Å². The first-order valence-corrected chi connectivity index (χ1v) is 7.12. The van der Waals surface area contributed by atoms with E-state index < -0.39 is 42.8 Å². The molecule has 0 saturated carbocycles. The average Bonchev–Trinajstić information content (AvgIpc) is 2.44.